The Morgan fingerprint density at radius 2 is 1.89 bits per heavy atom. The summed E-state index contributed by atoms with van der Waals surface area (Å²) in [5, 5.41) is 13.8. The molecule has 3 N–H and O–H groups in total. The van der Waals surface area contributed by atoms with Gasteiger partial charge in [-0.1, -0.05) is 32.0 Å². The van der Waals surface area contributed by atoms with E-state index < -0.39 is 0 Å². The van der Waals surface area contributed by atoms with E-state index in [4.69, 9.17) is 10.3 Å². The Labute approximate surface area is 106 Å². The molecular weight excluding hydrogens is 228 g/mol. The van der Waals surface area contributed by atoms with Gasteiger partial charge in [0.05, 0.1) is 11.8 Å². The van der Waals surface area contributed by atoms with Gasteiger partial charge in [0.25, 0.3) is 0 Å². The van der Waals surface area contributed by atoms with Crippen LogP contribution in [0, 0.1) is 6.92 Å². The minimum atomic E-state index is -0.104. The highest BCUT2D eigenvalue weighted by Gasteiger charge is 2.21. The lowest BCUT2D eigenvalue weighted by Gasteiger charge is -2.22. The summed E-state index contributed by atoms with van der Waals surface area (Å²) in [4.78, 5) is 0. The maximum atomic E-state index is 10.1. The van der Waals surface area contributed by atoms with Crippen molar-refractivity contribution in [3.8, 4) is 16.9 Å². The van der Waals surface area contributed by atoms with Crippen LogP contribution in [0.2, 0.25) is 0 Å². The summed E-state index contributed by atoms with van der Waals surface area (Å²) in [6.45, 7) is 8.18. The van der Waals surface area contributed by atoms with E-state index in [0.717, 1.165) is 16.7 Å². The fraction of sp³-hybridized carbons (Fsp3) is 0.357. The number of benzene rings is 1. The Morgan fingerprint density at radius 1 is 1.22 bits per heavy atom. The number of hydrogen-bond donors (Lipinski definition) is 2. The number of aryl methyl sites for hydroxylation is 1. The Bertz CT molecular complexity index is 580. The highest BCUT2D eigenvalue weighted by molar-refractivity contribution is 5.76. The number of hydrogen-bond acceptors (Lipinski definition) is 4. The fourth-order valence-electron chi connectivity index (χ4n) is 2.04. The molecular formula is C14H18N2O2. The number of anilines is 1. The third kappa shape index (κ3) is 2.06. The molecule has 0 spiro atoms. The van der Waals surface area contributed by atoms with Crippen molar-refractivity contribution in [1.29, 1.82) is 0 Å². The summed E-state index contributed by atoms with van der Waals surface area (Å²) in [6.07, 6.45) is 1.56. The Hall–Kier alpha value is -1.97. The zero-order valence-corrected chi connectivity index (χ0v) is 11.1. The monoisotopic (exact) mass is 246 g/mol. The molecule has 0 unspecified atom stereocenters. The normalized spacial score (nSPS) is 11.8. The lowest BCUT2D eigenvalue weighted by Crippen LogP contribution is -2.11. The van der Waals surface area contributed by atoms with Gasteiger partial charge in [0.2, 0.25) is 5.88 Å². The topological polar surface area (TPSA) is 72.3 Å². The lowest BCUT2D eigenvalue weighted by molar-refractivity contribution is 0.436. The van der Waals surface area contributed by atoms with Crippen LogP contribution in [0.1, 0.15) is 31.9 Å². The van der Waals surface area contributed by atoms with Crippen molar-refractivity contribution < 1.29 is 9.63 Å². The van der Waals surface area contributed by atoms with Crippen LogP contribution in [0.4, 0.5) is 5.88 Å². The minimum Gasteiger partial charge on any atom is -0.508 e. The zero-order chi connectivity index (χ0) is 13.5. The molecule has 0 fully saturated rings. The van der Waals surface area contributed by atoms with Gasteiger partial charge in [-0.25, -0.2) is 0 Å². The Balaban J connectivity index is 2.61. The number of aromatic nitrogens is 1. The van der Waals surface area contributed by atoms with E-state index in [1.807, 2.05) is 13.0 Å². The van der Waals surface area contributed by atoms with Crippen molar-refractivity contribution in [2.45, 2.75) is 33.1 Å². The number of rotatable bonds is 1. The predicted octanol–water partition coefficient (Wildman–Crippen LogP) is 3.24. The maximum absolute atomic E-state index is 10.1. The van der Waals surface area contributed by atoms with Crippen LogP contribution in [0.5, 0.6) is 5.75 Å². The van der Waals surface area contributed by atoms with Crippen molar-refractivity contribution >= 4 is 5.88 Å². The van der Waals surface area contributed by atoms with Crippen molar-refractivity contribution in [2.75, 3.05) is 5.73 Å². The molecule has 1 aromatic heterocycles. The van der Waals surface area contributed by atoms with Gasteiger partial charge < -0.3 is 15.4 Å². The quantitative estimate of drug-likeness (QED) is 0.810. The molecule has 4 nitrogen and oxygen atoms in total. The summed E-state index contributed by atoms with van der Waals surface area (Å²) in [7, 11) is 0. The van der Waals surface area contributed by atoms with Crippen LogP contribution in [-0.2, 0) is 5.41 Å². The van der Waals surface area contributed by atoms with Gasteiger partial charge in [0.15, 0.2) is 0 Å². The van der Waals surface area contributed by atoms with E-state index in [1.165, 1.54) is 0 Å². The van der Waals surface area contributed by atoms with Gasteiger partial charge in [-0.05, 0) is 35.1 Å². The number of nitrogen functional groups attached to an aromatic ring is 1. The standard InChI is InChI=1S/C14H18N2O2/c1-8-5-11(14(2,3)4)12(17)6-9(8)10-7-16-18-13(10)15/h5-7,17H,15H2,1-4H3. The minimum absolute atomic E-state index is 0.104. The second kappa shape index (κ2) is 4.05. The second-order valence-corrected chi connectivity index (χ2v) is 5.54. The molecule has 0 aliphatic carbocycles. The van der Waals surface area contributed by atoms with Gasteiger partial charge in [0, 0.05) is 0 Å². The van der Waals surface area contributed by atoms with Gasteiger partial charge in [-0.2, -0.15) is 0 Å². The van der Waals surface area contributed by atoms with Gasteiger partial charge >= 0.3 is 0 Å². The molecule has 1 heterocycles. The van der Waals surface area contributed by atoms with Crippen LogP contribution in [0.25, 0.3) is 11.1 Å². The maximum Gasteiger partial charge on any atom is 0.229 e. The van der Waals surface area contributed by atoms with Crippen molar-refractivity contribution in [2.24, 2.45) is 0 Å². The van der Waals surface area contributed by atoms with Crippen LogP contribution in [-0.4, -0.2) is 10.3 Å². The Morgan fingerprint density at radius 3 is 2.39 bits per heavy atom. The molecule has 0 amide bonds. The van der Waals surface area contributed by atoms with Crippen molar-refractivity contribution in [1.82, 2.24) is 5.16 Å². The number of aromatic hydroxyl groups is 1. The summed E-state index contributed by atoms with van der Waals surface area (Å²) >= 11 is 0. The smallest absolute Gasteiger partial charge is 0.229 e. The largest absolute Gasteiger partial charge is 0.508 e. The summed E-state index contributed by atoms with van der Waals surface area (Å²) in [6, 6.07) is 3.70. The number of phenolic OH excluding ortho intramolecular Hbond substituents is 1. The SMILES string of the molecule is Cc1cc(C(C)(C)C)c(O)cc1-c1cnoc1N. The molecule has 0 radical (unpaired) electrons. The van der Waals surface area contributed by atoms with Crippen LogP contribution < -0.4 is 5.73 Å². The van der Waals surface area contributed by atoms with Crippen LogP contribution in [0.3, 0.4) is 0 Å². The number of phenols is 1. The van der Waals surface area contributed by atoms with E-state index in [0.29, 0.717) is 5.56 Å². The first kappa shape index (κ1) is 12.5. The highest BCUT2D eigenvalue weighted by atomic mass is 16.5. The molecule has 2 aromatic rings. The molecule has 18 heavy (non-hydrogen) atoms. The van der Waals surface area contributed by atoms with Crippen LogP contribution in [0.15, 0.2) is 22.9 Å². The fourth-order valence-corrected chi connectivity index (χ4v) is 2.04. The van der Waals surface area contributed by atoms with Gasteiger partial charge in [0.1, 0.15) is 5.75 Å². The first-order valence-corrected chi connectivity index (χ1v) is 5.85. The second-order valence-electron chi connectivity index (χ2n) is 5.54. The van der Waals surface area contributed by atoms with Gasteiger partial charge in [-0.3, -0.25) is 0 Å². The molecule has 0 atom stereocenters. The molecule has 0 saturated carbocycles. The number of nitrogens with two attached hydrogens (primary N) is 1. The molecule has 4 heteroatoms. The van der Waals surface area contributed by atoms with Crippen molar-refractivity contribution in [3.05, 3.63) is 29.5 Å². The molecule has 0 bridgehead atoms. The predicted molar refractivity (Wildman–Crippen MR) is 71.5 cm³/mol. The molecule has 0 saturated heterocycles. The molecule has 96 valence electrons. The third-order valence-corrected chi connectivity index (χ3v) is 3.04. The summed E-state index contributed by atoms with van der Waals surface area (Å²) in [5.74, 6) is 0.532. The lowest BCUT2D eigenvalue weighted by atomic mass is 9.84. The van der Waals surface area contributed by atoms with E-state index >= 15 is 0 Å². The van der Waals surface area contributed by atoms with E-state index in [1.54, 1.807) is 12.3 Å². The third-order valence-electron chi connectivity index (χ3n) is 3.04. The Kier molecular flexibility index (Phi) is 2.81. The molecule has 0 aliphatic heterocycles. The van der Waals surface area contributed by atoms with Crippen LogP contribution >= 0.6 is 0 Å². The average Bonchev–Trinajstić information content (AvgIpc) is 2.66. The van der Waals surface area contributed by atoms with E-state index in [9.17, 15) is 5.11 Å². The molecule has 0 aliphatic rings. The van der Waals surface area contributed by atoms with Crippen molar-refractivity contribution in [3.63, 3.8) is 0 Å². The zero-order valence-electron chi connectivity index (χ0n) is 11.1. The number of nitrogens with zero attached hydrogens (tertiary/aromatic N) is 1. The average molecular weight is 246 g/mol. The first-order valence-electron chi connectivity index (χ1n) is 5.85. The summed E-state index contributed by atoms with van der Waals surface area (Å²) < 4.78 is 4.86. The first-order chi connectivity index (χ1) is 8.30. The van der Waals surface area contributed by atoms with E-state index in [2.05, 4.69) is 25.9 Å². The molecule has 2 rings (SSSR count). The highest BCUT2D eigenvalue weighted by Crippen LogP contribution is 2.37. The summed E-state index contributed by atoms with van der Waals surface area (Å²) in [5.41, 5.74) is 9.11. The molecule has 1 aromatic carbocycles. The van der Waals surface area contributed by atoms with E-state index in [-0.39, 0.29) is 17.0 Å². The van der Waals surface area contributed by atoms with Gasteiger partial charge in [-0.15, -0.1) is 0 Å².